The average Bonchev–Trinajstić information content (AvgIpc) is 2.84. The molecule has 2 aliphatic rings. The van der Waals surface area contributed by atoms with Gasteiger partial charge in [0.15, 0.2) is 0 Å². The van der Waals surface area contributed by atoms with Crippen LogP contribution in [0.4, 0.5) is 4.79 Å². The van der Waals surface area contributed by atoms with Crippen LogP contribution in [-0.2, 0) is 18.3 Å². The van der Waals surface area contributed by atoms with Crippen LogP contribution in [0, 0.1) is 0 Å². The highest BCUT2D eigenvalue weighted by molar-refractivity contribution is 5.70. The summed E-state index contributed by atoms with van der Waals surface area (Å²) in [4.78, 5) is 20.1. The largest absolute Gasteiger partial charge is 0.441 e. The molecule has 0 saturated carbocycles. The summed E-state index contributed by atoms with van der Waals surface area (Å²) >= 11 is 0. The molecule has 6 heteroatoms. The predicted octanol–water partition coefficient (Wildman–Crippen LogP) is 1.23. The Labute approximate surface area is 119 Å². The number of likely N-dealkylation sites (N-methyl/N-ethyl adjacent to an activating group) is 1. The monoisotopic (exact) mass is 278 g/mol. The standard InChI is InChI=1S/C14H22N4O2/c1-16-9-6-15-12(16)10-18-7-3-4-14(5-8-18)11-17(2)13(19)20-14/h6,9H,3-5,7-8,10-11H2,1-2H3/t14-/m0/s1. The van der Waals surface area contributed by atoms with E-state index in [1.807, 2.05) is 26.5 Å². The maximum absolute atomic E-state index is 11.6. The molecule has 2 aliphatic heterocycles. The van der Waals surface area contributed by atoms with Crippen molar-refractivity contribution in [3.8, 4) is 0 Å². The van der Waals surface area contributed by atoms with E-state index in [9.17, 15) is 4.79 Å². The van der Waals surface area contributed by atoms with Gasteiger partial charge in [-0.3, -0.25) is 4.90 Å². The first-order valence-electron chi connectivity index (χ1n) is 7.21. The molecule has 1 atom stereocenters. The number of aromatic nitrogens is 2. The van der Waals surface area contributed by atoms with Gasteiger partial charge >= 0.3 is 6.09 Å². The van der Waals surface area contributed by atoms with Crippen LogP contribution in [0.25, 0.3) is 0 Å². The van der Waals surface area contributed by atoms with Gasteiger partial charge in [0.25, 0.3) is 0 Å². The molecule has 110 valence electrons. The highest BCUT2D eigenvalue weighted by Crippen LogP contribution is 2.32. The molecule has 0 N–H and O–H groups in total. The van der Waals surface area contributed by atoms with Gasteiger partial charge in [0.2, 0.25) is 0 Å². The Bertz CT molecular complexity index is 501. The van der Waals surface area contributed by atoms with Gasteiger partial charge in [-0.15, -0.1) is 0 Å². The lowest BCUT2D eigenvalue weighted by atomic mass is 9.95. The minimum atomic E-state index is -0.262. The second kappa shape index (κ2) is 5.09. The molecule has 0 aliphatic carbocycles. The van der Waals surface area contributed by atoms with Gasteiger partial charge in [-0.1, -0.05) is 0 Å². The van der Waals surface area contributed by atoms with Crippen molar-refractivity contribution in [2.75, 3.05) is 26.7 Å². The summed E-state index contributed by atoms with van der Waals surface area (Å²) < 4.78 is 7.69. The summed E-state index contributed by atoms with van der Waals surface area (Å²) in [5, 5.41) is 0. The topological polar surface area (TPSA) is 50.6 Å². The predicted molar refractivity (Wildman–Crippen MR) is 74.2 cm³/mol. The normalized spacial score (nSPS) is 27.9. The zero-order valence-corrected chi connectivity index (χ0v) is 12.2. The van der Waals surface area contributed by atoms with Crippen molar-refractivity contribution in [1.29, 1.82) is 0 Å². The van der Waals surface area contributed by atoms with Crippen LogP contribution in [0.1, 0.15) is 25.1 Å². The Morgan fingerprint density at radius 3 is 2.85 bits per heavy atom. The fourth-order valence-corrected chi connectivity index (χ4v) is 3.18. The van der Waals surface area contributed by atoms with Crippen LogP contribution in [0.2, 0.25) is 0 Å². The van der Waals surface area contributed by atoms with Gasteiger partial charge in [-0.2, -0.15) is 0 Å². The molecule has 1 spiro atoms. The number of carbonyl (C=O) groups excluding carboxylic acids is 1. The number of amides is 1. The molecular weight excluding hydrogens is 256 g/mol. The third kappa shape index (κ3) is 2.52. The molecule has 6 nitrogen and oxygen atoms in total. The van der Waals surface area contributed by atoms with E-state index in [0.29, 0.717) is 0 Å². The molecule has 20 heavy (non-hydrogen) atoms. The molecule has 0 bridgehead atoms. The number of hydrogen-bond donors (Lipinski definition) is 0. The third-order valence-corrected chi connectivity index (χ3v) is 4.42. The van der Waals surface area contributed by atoms with Gasteiger partial charge in [0.1, 0.15) is 11.4 Å². The fourth-order valence-electron chi connectivity index (χ4n) is 3.18. The second-order valence-corrected chi connectivity index (χ2v) is 5.99. The number of rotatable bonds is 2. The van der Waals surface area contributed by atoms with E-state index in [2.05, 4.69) is 14.5 Å². The molecule has 3 heterocycles. The molecule has 2 saturated heterocycles. The van der Waals surface area contributed by atoms with E-state index in [4.69, 9.17) is 4.74 Å². The average molecular weight is 278 g/mol. The Morgan fingerprint density at radius 2 is 2.20 bits per heavy atom. The number of likely N-dealkylation sites (tertiary alicyclic amines) is 1. The van der Waals surface area contributed by atoms with Gasteiger partial charge in [0.05, 0.1) is 13.1 Å². The fraction of sp³-hybridized carbons (Fsp3) is 0.714. The number of ether oxygens (including phenoxy) is 1. The first-order valence-corrected chi connectivity index (χ1v) is 7.21. The Hall–Kier alpha value is -1.56. The number of hydrogen-bond acceptors (Lipinski definition) is 4. The molecule has 1 aromatic heterocycles. The third-order valence-electron chi connectivity index (χ3n) is 4.42. The number of carbonyl (C=O) groups is 1. The van der Waals surface area contributed by atoms with Crippen molar-refractivity contribution in [2.24, 2.45) is 7.05 Å². The summed E-state index contributed by atoms with van der Waals surface area (Å²) in [5.41, 5.74) is -0.262. The first kappa shape index (κ1) is 13.4. The van der Waals surface area contributed by atoms with Crippen molar-refractivity contribution in [1.82, 2.24) is 19.4 Å². The SMILES string of the molecule is CN1C[C@@]2(CCCN(Cc3nccn3C)CC2)OC1=O. The van der Waals surface area contributed by atoms with E-state index in [-0.39, 0.29) is 11.7 Å². The lowest BCUT2D eigenvalue weighted by Crippen LogP contribution is -2.35. The zero-order valence-electron chi connectivity index (χ0n) is 12.2. The Morgan fingerprint density at radius 1 is 1.35 bits per heavy atom. The van der Waals surface area contributed by atoms with E-state index in [1.54, 1.807) is 4.90 Å². The van der Waals surface area contributed by atoms with Crippen molar-refractivity contribution in [2.45, 2.75) is 31.4 Å². The van der Waals surface area contributed by atoms with Crippen LogP contribution in [-0.4, -0.2) is 57.7 Å². The molecule has 1 amide bonds. The molecule has 1 aromatic rings. The van der Waals surface area contributed by atoms with Crippen molar-refractivity contribution in [3.05, 3.63) is 18.2 Å². The van der Waals surface area contributed by atoms with E-state index in [0.717, 1.165) is 51.3 Å². The van der Waals surface area contributed by atoms with Crippen LogP contribution >= 0.6 is 0 Å². The summed E-state index contributed by atoms with van der Waals surface area (Å²) in [5.74, 6) is 1.08. The lowest BCUT2D eigenvalue weighted by molar-refractivity contribution is 0.0442. The molecule has 2 fully saturated rings. The van der Waals surface area contributed by atoms with Crippen LogP contribution in [0.15, 0.2) is 12.4 Å². The minimum Gasteiger partial charge on any atom is -0.441 e. The van der Waals surface area contributed by atoms with Gasteiger partial charge in [-0.25, -0.2) is 9.78 Å². The molecule has 0 radical (unpaired) electrons. The van der Waals surface area contributed by atoms with Crippen LogP contribution < -0.4 is 0 Å². The van der Waals surface area contributed by atoms with Crippen LogP contribution in [0.3, 0.4) is 0 Å². The molecule has 0 aromatic carbocycles. The first-order chi connectivity index (χ1) is 9.58. The van der Waals surface area contributed by atoms with Gasteiger partial charge in [-0.05, 0) is 19.4 Å². The summed E-state index contributed by atoms with van der Waals surface area (Å²) in [7, 11) is 3.84. The number of imidazole rings is 1. The van der Waals surface area contributed by atoms with Crippen molar-refractivity contribution >= 4 is 6.09 Å². The van der Waals surface area contributed by atoms with Crippen molar-refractivity contribution in [3.63, 3.8) is 0 Å². The molecule has 3 rings (SSSR count). The van der Waals surface area contributed by atoms with E-state index >= 15 is 0 Å². The highest BCUT2D eigenvalue weighted by atomic mass is 16.6. The minimum absolute atomic E-state index is 0.178. The Balaban J connectivity index is 1.63. The van der Waals surface area contributed by atoms with Gasteiger partial charge in [0, 0.05) is 39.5 Å². The van der Waals surface area contributed by atoms with Crippen LogP contribution in [0.5, 0.6) is 0 Å². The number of nitrogens with zero attached hydrogens (tertiary/aromatic N) is 4. The summed E-state index contributed by atoms with van der Waals surface area (Å²) in [6, 6.07) is 0. The van der Waals surface area contributed by atoms with Crippen molar-refractivity contribution < 1.29 is 9.53 Å². The highest BCUT2D eigenvalue weighted by Gasteiger charge is 2.44. The second-order valence-electron chi connectivity index (χ2n) is 5.99. The van der Waals surface area contributed by atoms with Gasteiger partial charge < -0.3 is 14.2 Å². The lowest BCUT2D eigenvalue weighted by Gasteiger charge is -2.25. The van der Waals surface area contributed by atoms with E-state index < -0.39 is 0 Å². The maximum Gasteiger partial charge on any atom is 0.410 e. The molecule has 0 unspecified atom stereocenters. The quantitative estimate of drug-likeness (QED) is 0.816. The smallest absolute Gasteiger partial charge is 0.410 e. The summed E-state index contributed by atoms with van der Waals surface area (Å²) in [6.45, 7) is 3.58. The number of aryl methyl sites for hydroxylation is 1. The van der Waals surface area contributed by atoms with E-state index in [1.165, 1.54) is 0 Å². The molecular formula is C14H22N4O2. The summed E-state index contributed by atoms with van der Waals surface area (Å²) in [6.07, 6.45) is 6.56. The zero-order chi connectivity index (χ0) is 14.2. The Kier molecular flexibility index (Phi) is 3.41. The maximum atomic E-state index is 11.6.